The summed E-state index contributed by atoms with van der Waals surface area (Å²) in [7, 11) is 0. The van der Waals surface area contributed by atoms with Gasteiger partial charge in [0, 0.05) is 37.6 Å². The number of phenols is 2. The Kier molecular flexibility index (Phi) is 12.6. The maximum absolute atomic E-state index is 13.8. The van der Waals surface area contributed by atoms with Crippen molar-refractivity contribution in [2.45, 2.75) is 52.6 Å². The van der Waals surface area contributed by atoms with Gasteiger partial charge in [0.25, 0.3) is 0 Å². The molecule has 0 fully saturated rings. The third-order valence-corrected chi connectivity index (χ3v) is 7.40. The van der Waals surface area contributed by atoms with E-state index in [9.17, 15) is 39.0 Å². The number of hydrogen-bond acceptors (Lipinski definition) is 10. The first-order chi connectivity index (χ1) is 22.6. The number of anilines is 2. The smallest absolute Gasteiger partial charge is 0.405 e. The van der Waals surface area contributed by atoms with Crippen LogP contribution in [0.4, 0.5) is 21.0 Å². The largest absolute Gasteiger partial charge is 0.507 e. The van der Waals surface area contributed by atoms with E-state index in [4.69, 9.17) is 10.2 Å². The fourth-order valence-electron chi connectivity index (χ4n) is 5.38. The summed E-state index contributed by atoms with van der Waals surface area (Å²) >= 11 is 0. The molecule has 48 heavy (non-hydrogen) atoms. The van der Waals surface area contributed by atoms with E-state index in [0.29, 0.717) is 0 Å². The van der Waals surface area contributed by atoms with Crippen molar-refractivity contribution in [3.63, 3.8) is 0 Å². The Morgan fingerprint density at radius 2 is 0.938 bits per heavy atom. The van der Waals surface area contributed by atoms with Crippen molar-refractivity contribution < 1.29 is 49.2 Å². The van der Waals surface area contributed by atoms with Crippen LogP contribution in [0.25, 0.3) is 0 Å². The third kappa shape index (κ3) is 9.27. The fourth-order valence-corrected chi connectivity index (χ4v) is 5.38. The molecule has 1 aliphatic carbocycles. The number of ketones is 2. The van der Waals surface area contributed by atoms with Gasteiger partial charge in [0.1, 0.15) is 23.6 Å². The number of hydrogen-bond donors (Lipinski definition) is 10. The summed E-state index contributed by atoms with van der Waals surface area (Å²) in [5.41, 5.74) is -0.534. The van der Waals surface area contributed by atoms with Crippen molar-refractivity contribution in [3.05, 3.63) is 46.5 Å². The van der Waals surface area contributed by atoms with Crippen molar-refractivity contribution in [1.29, 1.82) is 0 Å². The Morgan fingerprint density at radius 1 is 0.583 bits per heavy atom. The molecule has 2 aromatic rings. The van der Waals surface area contributed by atoms with Crippen LogP contribution < -0.4 is 31.9 Å². The number of carbonyl (C=O) groups is 6. The molecule has 0 aromatic heterocycles. The first-order valence-electron chi connectivity index (χ1n) is 15.5. The summed E-state index contributed by atoms with van der Waals surface area (Å²) < 4.78 is 0. The van der Waals surface area contributed by atoms with Gasteiger partial charge in [0.15, 0.2) is 0 Å². The van der Waals surface area contributed by atoms with Crippen molar-refractivity contribution in [2.24, 2.45) is 11.8 Å². The van der Waals surface area contributed by atoms with E-state index >= 15 is 0 Å². The van der Waals surface area contributed by atoms with Crippen LogP contribution in [-0.2, 0) is 9.59 Å². The van der Waals surface area contributed by atoms with Gasteiger partial charge in [-0.1, -0.05) is 27.7 Å². The van der Waals surface area contributed by atoms with E-state index in [1.165, 1.54) is 12.1 Å². The lowest BCUT2D eigenvalue weighted by atomic mass is 9.81. The molecule has 0 unspecified atom stereocenters. The molecule has 2 atom stereocenters. The highest BCUT2D eigenvalue weighted by Crippen LogP contribution is 2.42. The average molecular weight is 671 g/mol. The Labute approximate surface area is 276 Å². The summed E-state index contributed by atoms with van der Waals surface area (Å²) in [5, 5.41) is 54.8. The SMILES string of the molecule is CC(C)C[C@H](NC(=O)O)C(=O)NCCNc1ccc(NCCNC(=O)[C@H](CC(C)C)NC(=O)O)c2c1C(=O)c1c(O)ccc(O)c1C2=O. The van der Waals surface area contributed by atoms with Crippen LogP contribution in [0.15, 0.2) is 24.3 Å². The highest BCUT2D eigenvalue weighted by molar-refractivity contribution is 6.33. The van der Waals surface area contributed by atoms with E-state index in [-0.39, 0.29) is 84.5 Å². The van der Waals surface area contributed by atoms with Crippen LogP contribution >= 0.6 is 0 Å². The lowest BCUT2D eigenvalue weighted by Gasteiger charge is -2.25. The third-order valence-electron chi connectivity index (χ3n) is 7.40. The second-order valence-electron chi connectivity index (χ2n) is 12.1. The molecule has 0 heterocycles. The molecule has 0 aliphatic heterocycles. The van der Waals surface area contributed by atoms with E-state index in [2.05, 4.69) is 31.9 Å². The molecule has 16 nitrogen and oxygen atoms in total. The number of carboxylic acid groups (broad SMARTS) is 2. The van der Waals surface area contributed by atoms with E-state index < -0.39 is 59.2 Å². The van der Waals surface area contributed by atoms with E-state index in [1.54, 1.807) is 0 Å². The Balaban J connectivity index is 1.81. The summed E-state index contributed by atoms with van der Waals surface area (Å²) in [6.07, 6.45) is -2.11. The minimum absolute atomic E-state index is 0.0303. The van der Waals surface area contributed by atoms with Gasteiger partial charge in [-0.25, -0.2) is 9.59 Å². The van der Waals surface area contributed by atoms with Crippen LogP contribution in [0.2, 0.25) is 0 Å². The van der Waals surface area contributed by atoms with Gasteiger partial charge in [-0.15, -0.1) is 0 Å². The molecule has 0 bridgehead atoms. The van der Waals surface area contributed by atoms with Gasteiger partial charge in [-0.05, 0) is 48.9 Å². The molecule has 10 N–H and O–H groups in total. The Bertz CT molecular complexity index is 1460. The number of rotatable bonds is 16. The number of carbonyl (C=O) groups excluding carboxylic acids is 4. The quantitative estimate of drug-likeness (QED) is 0.0778. The molecular formula is C32H42N6O10. The standard InChI is InChI=1S/C32H42N6O10/c1-15(2)13-19(37-31(45)46)29(43)35-11-9-33-17-5-6-18(34-10-12-36-30(44)20(14-16(3)4)38-32(47)48)24-23(17)27(41)25-21(39)7-8-22(40)26(25)28(24)42/h5-8,15-16,19-20,33-34,37-40H,9-14H2,1-4H3,(H,35,43)(H,36,44)(H,45,46)(H,47,48)/t19-,20-/m0/s1. The average Bonchev–Trinajstić information content (AvgIpc) is 2.99. The predicted molar refractivity (Wildman–Crippen MR) is 175 cm³/mol. The molecule has 4 amide bonds. The summed E-state index contributed by atoms with van der Waals surface area (Å²) in [4.78, 5) is 75.0. The molecule has 1 aliphatic rings. The number of phenolic OH excluding ortho intramolecular Hbond substituents is 2. The summed E-state index contributed by atoms with van der Waals surface area (Å²) in [5.74, 6) is -3.46. The number of fused-ring (bicyclic) bond motifs is 2. The van der Waals surface area contributed by atoms with Gasteiger partial charge < -0.3 is 52.3 Å². The normalized spacial score (nSPS) is 13.2. The van der Waals surface area contributed by atoms with Crippen LogP contribution in [-0.4, -0.2) is 94.3 Å². The maximum Gasteiger partial charge on any atom is 0.405 e. The molecule has 0 spiro atoms. The Hall–Kier alpha value is -5.54. The first kappa shape index (κ1) is 36.9. The molecule has 0 radical (unpaired) electrons. The van der Waals surface area contributed by atoms with Crippen molar-refractivity contribution >= 4 is 46.9 Å². The lowest BCUT2D eigenvalue weighted by Crippen LogP contribution is -2.47. The van der Waals surface area contributed by atoms with E-state index in [0.717, 1.165) is 12.1 Å². The van der Waals surface area contributed by atoms with Crippen molar-refractivity contribution in [1.82, 2.24) is 21.3 Å². The maximum atomic E-state index is 13.8. The minimum Gasteiger partial charge on any atom is -0.507 e. The minimum atomic E-state index is -1.33. The highest BCUT2D eigenvalue weighted by Gasteiger charge is 2.38. The fraction of sp³-hybridized carbons (Fsp3) is 0.438. The molecule has 260 valence electrons. The van der Waals surface area contributed by atoms with Crippen LogP contribution in [0, 0.1) is 11.8 Å². The molecular weight excluding hydrogens is 628 g/mol. The topological polar surface area (TPSA) is 256 Å². The molecule has 0 saturated carbocycles. The second-order valence-corrected chi connectivity index (χ2v) is 12.1. The number of aromatic hydroxyl groups is 2. The number of nitrogens with one attached hydrogen (secondary N) is 6. The van der Waals surface area contributed by atoms with Crippen LogP contribution in [0.3, 0.4) is 0 Å². The number of benzene rings is 2. The zero-order chi connectivity index (χ0) is 35.7. The monoisotopic (exact) mass is 670 g/mol. The van der Waals surface area contributed by atoms with Gasteiger partial charge in [0.05, 0.1) is 22.3 Å². The summed E-state index contributed by atoms with van der Waals surface area (Å²) in [6.45, 7) is 7.59. The van der Waals surface area contributed by atoms with Gasteiger partial charge in [0.2, 0.25) is 23.4 Å². The highest BCUT2D eigenvalue weighted by atomic mass is 16.4. The van der Waals surface area contributed by atoms with Gasteiger partial charge in [-0.3, -0.25) is 19.2 Å². The molecule has 0 saturated heterocycles. The number of amides is 4. The zero-order valence-electron chi connectivity index (χ0n) is 27.1. The molecule has 3 rings (SSSR count). The van der Waals surface area contributed by atoms with E-state index in [1.807, 2.05) is 27.7 Å². The molecule has 2 aromatic carbocycles. The zero-order valence-corrected chi connectivity index (χ0v) is 27.1. The lowest BCUT2D eigenvalue weighted by molar-refractivity contribution is -0.124. The first-order valence-corrected chi connectivity index (χ1v) is 15.5. The Morgan fingerprint density at radius 3 is 1.25 bits per heavy atom. The van der Waals surface area contributed by atoms with Crippen molar-refractivity contribution in [3.8, 4) is 11.5 Å². The predicted octanol–water partition coefficient (Wildman–Crippen LogP) is 2.29. The van der Waals surface area contributed by atoms with Crippen molar-refractivity contribution in [2.75, 3.05) is 36.8 Å². The summed E-state index contributed by atoms with van der Waals surface area (Å²) in [6, 6.07) is 3.30. The van der Waals surface area contributed by atoms with Gasteiger partial charge in [-0.2, -0.15) is 0 Å². The van der Waals surface area contributed by atoms with Crippen LogP contribution in [0.5, 0.6) is 11.5 Å². The molecule has 16 heteroatoms. The van der Waals surface area contributed by atoms with Gasteiger partial charge >= 0.3 is 12.2 Å². The second kappa shape index (κ2) is 16.3. The van der Waals surface area contributed by atoms with Crippen LogP contribution in [0.1, 0.15) is 72.4 Å².